The van der Waals surface area contributed by atoms with Gasteiger partial charge in [-0.15, -0.1) is 0 Å². The zero-order chi connectivity index (χ0) is 19.3. The van der Waals surface area contributed by atoms with Gasteiger partial charge in [-0.2, -0.15) is 0 Å². The van der Waals surface area contributed by atoms with E-state index in [1.165, 1.54) is 0 Å². The summed E-state index contributed by atoms with van der Waals surface area (Å²) in [5.74, 6) is -0.101. The maximum atomic E-state index is 13.3. The quantitative estimate of drug-likeness (QED) is 0.610. The van der Waals surface area contributed by atoms with Crippen molar-refractivity contribution in [3.63, 3.8) is 0 Å². The molecule has 0 radical (unpaired) electrons. The summed E-state index contributed by atoms with van der Waals surface area (Å²) in [5, 5.41) is 0.495. The van der Waals surface area contributed by atoms with Crippen molar-refractivity contribution in [1.29, 1.82) is 0 Å². The number of benzene rings is 2. The van der Waals surface area contributed by atoms with Gasteiger partial charge in [-0.3, -0.25) is 9.59 Å². The minimum atomic E-state index is -0.472. The number of halogens is 1. The number of carbonyl (C=O) groups is 1. The summed E-state index contributed by atoms with van der Waals surface area (Å²) < 4.78 is 12.6. The summed E-state index contributed by atoms with van der Waals surface area (Å²) in [7, 11) is 0. The molecule has 0 spiro atoms. The summed E-state index contributed by atoms with van der Waals surface area (Å²) >= 11 is 3.45. The molecule has 1 fully saturated rings. The molecule has 0 saturated carbocycles. The molecule has 2 aliphatic heterocycles. The molecule has 2 aromatic carbocycles. The lowest BCUT2D eigenvalue weighted by atomic mass is 9.98. The monoisotopic (exact) mass is 439 g/mol. The van der Waals surface area contributed by atoms with Crippen molar-refractivity contribution in [1.82, 2.24) is 4.90 Å². The van der Waals surface area contributed by atoms with Crippen LogP contribution in [0.3, 0.4) is 0 Å². The van der Waals surface area contributed by atoms with Crippen molar-refractivity contribution in [2.45, 2.75) is 25.0 Å². The molecular formula is C22H18BrNO4. The van der Waals surface area contributed by atoms with Gasteiger partial charge in [-0.1, -0.05) is 40.2 Å². The Labute approximate surface area is 170 Å². The van der Waals surface area contributed by atoms with Crippen molar-refractivity contribution in [3.8, 4) is 0 Å². The summed E-state index contributed by atoms with van der Waals surface area (Å²) in [5.41, 5.74) is 1.60. The largest absolute Gasteiger partial charge is 0.450 e. The number of amides is 1. The second-order valence-corrected chi connectivity index (χ2v) is 8.13. The Hall–Kier alpha value is -2.44. The van der Waals surface area contributed by atoms with E-state index in [0.717, 1.165) is 22.9 Å². The smallest absolute Gasteiger partial charge is 0.291 e. The average Bonchev–Trinajstić information content (AvgIpc) is 3.31. The number of fused-ring (bicyclic) bond motifs is 2. The lowest BCUT2D eigenvalue weighted by Crippen LogP contribution is -2.36. The van der Waals surface area contributed by atoms with E-state index >= 15 is 0 Å². The van der Waals surface area contributed by atoms with Crippen LogP contribution in [0.1, 0.15) is 40.6 Å². The normalized spacial score (nSPS) is 21.5. The van der Waals surface area contributed by atoms with Crippen LogP contribution in [0.5, 0.6) is 0 Å². The Kier molecular flexibility index (Phi) is 4.33. The molecule has 0 N–H and O–H groups in total. The van der Waals surface area contributed by atoms with Crippen LogP contribution in [0.2, 0.25) is 0 Å². The maximum Gasteiger partial charge on any atom is 0.291 e. The minimum Gasteiger partial charge on any atom is -0.450 e. The van der Waals surface area contributed by atoms with Crippen LogP contribution < -0.4 is 5.43 Å². The molecule has 2 aliphatic rings. The summed E-state index contributed by atoms with van der Waals surface area (Å²) in [4.78, 5) is 28.3. The van der Waals surface area contributed by atoms with Gasteiger partial charge in [0.1, 0.15) is 5.58 Å². The topological polar surface area (TPSA) is 59.8 Å². The van der Waals surface area contributed by atoms with Crippen LogP contribution in [0, 0.1) is 0 Å². The molecular weight excluding hydrogens is 422 g/mol. The molecule has 5 rings (SSSR count). The fourth-order valence-corrected chi connectivity index (χ4v) is 4.42. The lowest BCUT2D eigenvalue weighted by molar-refractivity contribution is 0.0486. The molecule has 3 aromatic rings. The van der Waals surface area contributed by atoms with Gasteiger partial charge in [-0.05, 0) is 42.7 Å². The second kappa shape index (κ2) is 6.87. The number of ether oxygens (including phenoxy) is 1. The molecule has 28 heavy (non-hydrogen) atoms. The van der Waals surface area contributed by atoms with Gasteiger partial charge in [0.15, 0.2) is 5.43 Å². The molecule has 0 unspecified atom stereocenters. The highest BCUT2D eigenvalue weighted by Gasteiger charge is 2.43. The molecule has 0 bridgehead atoms. The first-order chi connectivity index (χ1) is 13.6. The molecule has 5 nitrogen and oxygen atoms in total. The molecule has 2 atom stereocenters. The first kappa shape index (κ1) is 17.6. The predicted molar refractivity (Wildman–Crippen MR) is 108 cm³/mol. The molecule has 0 aliphatic carbocycles. The SMILES string of the molecule is O=C1c2oc3ccccc3c(=O)c2[C@H](c2ccc(Br)cc2)N1C[C@H]1CCCO1. The van der Waals surface area contributed by atoms with E-state index in [-0.39, 0.29) is 23.2 Å². The second-order valence-electron chi connectivity index (χ2n) is 7.22. The van der Waals surface area contributed by atoms with E-state index < -0.39 is 6.04 Å². The highest BCUT2D eigenvalue weighted by molar-refractivity contribution is 9.10. The van der Waals surface area contributed by atoms with E-state index in [0.29, 0.717) is 29.7 Å². The van der Waals surface area contributed by atoms with Crippen LogP contribution in [0.4, 0.5) is 0 Å². The third-order valence-corrected chi connectivity index (χ3v) is 6.01. The Morgan fingerprint density at radius 3 is 2.61 bits per heavy atom. The molecule has 142 valence electrons. The first-order valence-electron chi connectivity index (χ1n) is 9.37. The summed E-state index contributed by atoms with van der Waals surface area (Å²) in [6, 6.07) is 14.3. The highest BCUT2D eigenvalue weighted by atomic mass is 79.9. The Balaban J connectivity index is 1.70. The molecule has 6 heteroatoms. The highest BCUT2D eigenvalue weighted by Crippen LogP contribution is 2.39. The standard InChI is InChI=1S/C22H18BrNO4/c23-14-9-7-13(8-10-14)19-18-20(25)16-5-1-2-6-17(16)28-21(18)22(26)24(19)12-15-4-3-11-27-15/h1-2,5-10,15,19H,3-4,11-12H2/t15-,19+/m1/s1. The van der Waals surface area contributed by atoms with Gasteiger partial charge in [0, 0.05) is 17.6 Å². The number of hydrogen-bond donors (Lipinski definition) is 0. The molecule has 1 saturated heterocycles. The zero-order valence-electron chi connectivity index (χ0n) is 15.1. The van der Waals surface area contributed by atoms with Crippen LogP contribution in [0.15, 0.2) is 62.2 Å². The Morgan fingerprint density at radius 1 is 1.07 bits per heavy atom. The number of nitrogens with zero attached hydrogens (tertiary/aromatic N) is 1. The maximum absolute atomic E-state index is 13.3. The Bertz CT molecular complexity index is 1120. The number of para-hydroxylation sites is 1. The number of carbonyl (C=O) groups excluding carboxylic acids is 1. The first-order valence-corrected chi connectivity index (χ1v) is 10.2. The molecule has 1 aromatic heterocycles. The molecule has 1 amide bonds. The third kappa shape index (κ3) is 2.79. The van der Waals surface area contributed by atoms with E-state index in [9.17, 15) is 9.59 Å². The van der Waals surface area contributed by atoms with Gasteiger partial charge in [0.05, 0.1) is 23.1 Å². The predicted octanol–water partition coefficient (Wildman–Crippen LogP) is 4.28. The zero-order valence-corrected chi connectivity index (χ0v) is 16.6. The molecule has 3 heterocycles. The third-order valence-electron chi connectivity index (χ3n) is 5.48. The van der Waals surface area contributed by atoms with Gasteiger partial charge in [0.2, 0.25) is 5.76 Å². The van der Waals surface area contributed by atoms with Crippen LogP contribution in [-0.2, 0) is 4.74 Å². The number of hydrogen-bond acceptors (Lipinski definition) is 4. The van der Waals surface area contributed by atoms with Crippen molar-refractivity contribution < 1.29 is 13.9 Å². The van der Waals surface area contributed by atoms with Crippen LogP contribution in [0.25, 0.3) is 11.0 Å². The van der Waals surface area contributed by atoms with Crippen molar-refractivity contribution in [2.24, 2.45) is 0 Å². The number of rotatable bonds is 3. The fourth-order valence-electron chi connectivity index (χ4n) is 4.15. The lowest BCUT2D eigenvalue weighted by Gasteiger charge is -2.27. The Morgan fingerprint density at radius 2 is 1.86 bits per heavy atom. The summed E-state index contributed by atoms with van der Waals surface area (Å²) in [6.45, 7) is 1.16. The van der Waals surface area contributed by atoms with Crippen molar-refractivity contribution >= 4 is 32.8 Å². The van der Waals surface area contributed by atoms with Gasteiger partial charge in [-0.25, -0.2) is 0 Å². The van der Waals surface area contributed by atoms with E-state index in [2.05, 4.69) is 15.9 Å². The van der Waals surface area contributed by atoms with Crippen molar-refractivity contribution in [3.05, 3.63) is 80.1 Å². The van der Waals surface area contributed by atoms with Gasteiger partial charge >= 0.3 is 0 Å². The van der Waals surface area contributed by atoms with Gasteiger partial charge in [0.25, 0.3) is 5.91 Å². The van der Waals surface area contributed by atoms with Crippen LogP contribution in [-0.4, -0.2) is 30.1 Å². The van der Waals surface area contributed by atoms with Crippen molar-refractivity contribution in [2.75, 3.05) is 13.2 Å². The summed E-state index contributed by atoms with van der Waals surface area (Å²) in [6.07, 6.45) is 1.89. The van der Waals surface area contributed by atoms with Crippen LogP contribution >= 0.6 is 15.9 Å². The van der Waals surface area contributed by atoms with E-state index in [4.69, 9.17) is 9.15 Å². The van der Waals surface area contributed by atoms with E-state index in [1.54, 1.807) is 29.2 Å². The van der Waals surface area contributed by atoms with E-state index in [1.807, 2.05) is 24.3 Å². The van der Waals surface area contributed by atoms with Gasteiger partial charge < -0.3 is 14.1 Å². The average molecular weight is 440 g/mol. The minimum absolute atomic E-state index is 0.0132. The fraction of sp³-hybridized carbons (Fsp3) is 0.273.